The molecule has 2 aromatic rings. The van der Waals surface area contributed by atoms with Crippen molar-refractivity contribution in [2.24, 2.45) is 7.05 Å². The second-order valence-electron chi connectivity index (χ2n) is 4.30. The SMILES string of the molecule is COCCNC(=O)c1c(C)c2ccccc2n1C. The Labute approximate surface area is 107 Å². The van der Waals surface area contributed by atoms with Gasteiger partial charge in [0.2, 0.25) is 0 Å². The minimum atomic E-state index is -0.0525. The van der Waals surface area contributed by atoms with Gasteiger partial charge in [0.25, 0.3) is 5.91 Å². The zero-order valence-corrected chi connectivity index (χ0v) is 11.0. The van der Waals surface area contributed by atoms with E-state index in [2.05, 4.69) is 5.32 Å². The third kappa shape index (κ3) is 2.11. The number of amides is 1. The Balaban J connectivity index is 2.36. The van der Waals surface area contributed by atoms with Gasteiger partial charge in [0.15, 0.2) is 0 Å². The lowest BCUT2D eigenvalue weighted by Crippen LogP contribution is -2.29. The van der Waals surface area contributed by atoms with Gasteiger partial charge in [-0.05, 0) is 18.6 Å². The van der Waals surface area contributed by atoms with Crippen LogP contribution in [-0.2, 0) is 11.8 Å². The van der Waals surface area contributed by atoms with E-state index in [9.17, 15) is 4.79 Å². The number of fused-ring (bicyclic) bond motifs is 1. The molecule has 96 valence electrons. The Hall–Kier alpha value is -1.81. The number of rotatable bonds is 4. The van der Waals surface area contributed by atoms with Crippen molar-refractivity contribution >= 4 is 16.8 Å². The number of aryl methyl sites for hydroxylation is 2. The standard InChI is InChI=1S/C14H18N2O2/c1-10-11-6-4-5-7-12(11)16(2)13(10)14(17)15-8-9-18-3/h4-7H,8-9H2,1-3H3,(H,15,17). The van der Waals surface area contributed by atoms with Crippen molar-refractivity contribution in [1.82, 2.24) is 9.88 Å². The van der Waals surface area contributed by atoms with E-state index in [1.54, 1.807) is 7.11 Å². The topological polar surface area (TPSA) is 43.3 Å². The Morgan fingerprint density at radius 2 is 2.11 bits per heavy atom. The highest BCUT2D eigenvalue weighted by molar-refractivity contribution is 6.01. The van der Waals surface area contributed by atoms with Crippen LogP contribution in [0.1, 0.15) is 16.1 Å². The van der Waals surface area contributed by atoms with Gasteiger partial charge >= 0.3 is 0 Å². The lowest BCUT2D eigenvalue weighted by molar-refractivity contribution is 0.0929. The summed E-state index contributed by atoms with van der Waals surface area (Å²) in [5, 5.41) is 3.98. The number of methoxy groups -OCH3 is 1. The van der Waals surface area contributed by atoms with Gasteiger partial charge in [0.05, 0.1) is 6.61 Å². The normalized spacial score (nSPS) is 10.8. The summed E-state index contributed by atoms with van der Waals surface area (Å²) in [5.74, 6) is -0.0525. The molecule has 0 fully saturated rings. The van der Waals surface area contributed by atoms with E-state index >= 15 is 0 Å². The predicted molar refractivity (Wildman–Crippen MR) is 71.9 cm³/mol. The van der Waals surface area contributed by atoms with Crippen molar-refractivity contribution < 1.29 is 9.53 Å². The zero-order valence-electron chi connectivity index (χ0n) is 11.0. The van der Waals surface area contributed by atoms with Crippen molar-refractivity contribution in [3.63, 3.8) is 0 Å². The number of para-hydroxylation sites is 1. The number of carbonyl (C=O) groups excluding carboxylic acids is 1. The quantitative estimate of drug-likeness (QED) is 0.837. The van der Waals surface area contributed by atoms with Crippen molar-refractivity contribution in [3.8, 4) is 0 Å². The molecule has 1 aromatic carbocycles. The molecular weight excluding hydrogens is 228 g/mol. The maximum Gasteiger partial charge on any atom is 0.268 e. The van der Waals surface area contributed by atoms with Crippen LogP contribution in [0.5, 0.6) is 0 Å². The van der Waals surface area contributed by atoms with Gasteiger partial charge < -0.3 is 14.6 Å². The maximum atomic E-state index is 12.1. The molecule has 0 unspecified atom stereocenters. The number of ether oxygens (including phenoxy) is 1. The molecule has 4 heteroatoms. The smallest absolute Gasteiger partial charge is 0.268 e. The second-order valence-corrected chi connectivity index (χ2v) is 4.30. The van der Waals surface area contributed by atoms with E-state index in [4.69, 9.17) is 4.74 Å². The van der Waals surface area contributed by atoms with Crippen molar-refractivity contribution in [1.29, 1.82) is 0 Å². The van der Waals surface area contributed by atoms with Crippen LogP contribution < -0.4 is 5.32 Å². The molecule has 0 aliphatic rings. The summed E-state index contributed by atoms with van der Waals surface area (Å²) >= 11 is 0. The zero-order chi connectivity index (χ0) is 13.1. The summed E-state index contributed by atoms with van der Waals surface area (Å²) in [6.07, 6.45) is 0. The van der Waals surface area contributed by atoms with Crippen LogP contribution in [0.2, 0.25) is 0 Å². The number of nitrogens with zero attached hydrogens (tertiary/aromatic N) is 1. The van der Waals surface area contributed by atoms with Crippen LogP contribution in [0.15, 0.2) is 24.3 Å². The molecule has 0 atom stereocenters. The first-order chi connectivity index (χ1) is 8.66. The lowest BCUT2D eigenvalue weighted by Gasteiger charge is -2.07. The minimum absolute atomic E-state index is 0.0525. The van der Waals surface area contributed by atoms with E-state index in [1.807, 2.05) is 42.8 Å². The molecule has 0 radical (unpaired) electrons. The number of benzene rings is 1. The first-order valence-corrected chi connectivity index (χ1v) is 5.98. The fourth-order valence-electron chi connectivity index (χ4n) is 2.26. The van der Waals surface area contributed by atoms with E-state index in [-0.39, 0.29) is 5.91 Å². The largest absolute Gasteiger partial charge is 0.383 e. The summed E-state index contributed by atoms with van der Waals surface area (Å²) in [6.45, 7) is 3.03. The first-order valence-electron chi connectivity index (χ1n) is 5.98. The molecule has 0 aliphatic heterocycles. The Kier molecular flexibility index (Phi) is 3.67. The van der Waals surface area contributed by atoms with Crippen LogP contribution in [0.3, 0.4) is 0 Å². The third-order valence-corrected chi connectivity index (χ3v) is 3.17. The monoisotopic (exact) mass is 246 g/mol. The minimum Gasteiger partial charge on any atom is -0.383 e. The van der Waals surface area contributed by atoms with Crippen molar-refractivity contribution in [2.45, 2.75) is 6.92 Å². The van der Waals surface area contributed by atoms with E-state index in [0.29, 0.717) is 18.8 Å². The average molecular weight is 246 g/mol. The van der Waals surface area contributed by atoms with Crippen molar-refractivity contribution in [3.05, 3.63) is 35.5 Å². The Morgan fingerprint density at radius 3 is 2.78 bits per heavy atom. The molecular formula is C14H18N2O2. The molecule has 0 saturated heterocycles. The predicted octanol–water partition coefficient (Wildman–Crippen LogP) is 1.86. The van der Waals surface area contributed by atoms with E-state index in [0.717, 1.165) is 16.5 Å². The summed E-state index contributed by atoms with van der Waals surface area (Å²) < 4.78 is 6.86. The molecule has 0 saturated carbocycles. The van der Waals surface area contributed by atoms with Gasteiger partial charge in [-0.3, -0.25) is 4.79 Å². The van der Waals surface area contributed by atoms with Gasteiger partial charge in [0.1, 0.15) is 5.69 Å². The highest BCUT2D eigenvalue weighted by Crippen LogP contribution is 2.24. The highest BCUT2D eigenvalue weighted by Gasteiger charge is 2.17. The average Bonchev–Trinajstić information content (AvgIpc) is 2.63. The number of carbonyl (C=O) groups is 1. The fraction of sp³-hybridized carbons (Fsp3) is 0.357. The van der Waals surface area contributed by atoms with E-state index in [1.165, 1.54) is 0 Å². The van der Waals surface area contributed by atoms with Gasteiger partial charge in [-0.1, -0.05) is 18.2 Å². The Morgan fingerprint density at radius 1 is 1.39 bits per heavy atom. The molecule has 1 amide bonds. The van der Waals surface area contributed by atoms with Gasteiger partial charge in [-0.15, -0.1) is 0 Å². The number of hydrogen-bond donors (Lipinski definition) is 1. The van der Waals surface area contributed by atoms with Crippen molar-refractivity contribution in [2.75, 3.05) is 20.3 Å². The molecule has 1 aromatic heterocycles. The Bertz CT molecular complexity index is 533. The molecule has 2 rings (SSSR count). The van der Waals surface area contributed by atoms with Gasteiger partial charge in [-0.25, -0.2) is 0 Å². The number of nitrogens with one attached hydrogen (secondary N) is 1. The second kappa shape index (κ2) is 5.23. The van der Waals surface area contributed by atoms with Crippen LogP contribution in [-0.4, -0.2) is 30.7 Å². The van der Waals surface area contributed by atoms with Crippen LogP contribution >= 0.6 is 0 Å². The van der Waals surface area contributed by atoms with Crippen LogP contribution in [0.4, 0.5) is 0 Å². The summed E-state index contributed by atoms with van der Waals surface area (Å²) in [6, 6.07) is 8.03. The number of hydrogen-bond acceptors (Lipinski definition) is 2. The molecule has 0 aliphatic carbocycles. The molecule has 0 bridgehead atoms. The molecule has 1 heterocycles. The van der Waals surface area contributed by atoms with Gasteiger partial charge in [-0.2, -0.15) is 0 Å². The summed E-state index contributed by atoms with van der Waals surface area (Å²) in [4.78, 5) is 12.1. The summed E-state index contributed by atoms with van der Waals surface area (Å²) in [7, 11) is 3.54. The number of aromatic nitrogens is 1. The molecule has 4 nitrogen and oxygen atoms in total. The van der Waals surface area contributed by atoms with Gasteiger partial charge in [0, 0.05) is 31.6 Å². The highest BCUT2D eigenvalue weighted by atomic mass is 16.5. The molecule has 0 spiro atoms. The summed E-state index contributed by atoms with van der Waals surface area (Å²) in [5.41, 5.74) is 2.81. The van der Waals surface area contributed by atoms with E-state index < -0.39 is 0 Å². The first kappa shape index (κ1) is 12.6. The van der Waals surface area contributed by atoms with Crippen LogP contribution in [0.25, 0.3) is 10.9 Å². The molecule has 18 heavy (non-hydrogen) atoms. The molecule has 1 N–H and O–H groups in total. The third-order valence-electron chi connectivity index (χ3n) is 3.17. The van der Waals surface area contributed by atoms with Crippen LogP contribution in [0, 0.1) is 6.92 Å². The fourth-order valence-corrected chi connectivity index (χ4v) is 2.26. The maximum absolute atomic E-state index is 12.1. The lowest BCUT2D eigenvalue weighted by atomic mass is 10.1.